The molecule has 2 aliphatic rings. The van der Waals surface area contributed by atoms with E-state index in [0.717, 1.165) is 37.6 Å². The molecule has 24 heavy (non-hydrogen) atoms. The summed E-state index contributed by atoms with van der Waals surface area (Å²) in [7, 11) is 0. The van der Waals surface area contributed by atoms with Crippen LogP contribution in [0.5, 0.6) is 0 Å². The summed E-state index contributed by atoms with van der Waals surface area (Å²) in [5.41, 5.74) is 0.536. The maximum Gasteiger partial charge on any atom is 0.253 e. The van der Waals surface area contributed by atoms with Crippen molar-refractivity contribution >= 4 is 17.5 Å². The van der Waals surface area contributed by atoms with Crippen LogP contribution >= 0.6 is 0 Å². The summed E-state index contributed by atoms with van der Waals surface area (Å²) in [5.74, 6) is 0.741. The number of hydrogen-bond donors (Lipinski definition) is 0. The molecule has 0 saturated carbocycles. The van der Waals surface area contributed by atoms with Gasteiger partial charge < -0.3 is 14.5 Å². The summed E-state index contributed by atoms with van der Waals surface area (Å²) in [6.07, 6.45) is 8.64. The smallest absolute Gasteiger partial charge is 0.253 e. The highest BCUT2D eigenvalue weighted by Gasteiger charge is 2.43. The molecule has 0 aliphatic carbocycles. The fourth-order valence-corrected chi connectivity index (χ4v) is 3.33. The molecule has 1 amide bonds. The SMILES string of the molecule is O=C1COC2(CCN(c3ncccn3)CC2)CN1c1cccnc1. The molecule has 2 aliphatic heterocycles. The number of ether oxygens (including phenoxy) is 1. The van der Waals surface area contributed by atoms with Crippen molar-refractivity contribution in [3.63, 3.8) is 0 Å². The average molecular weight is 325 g/mol. The lowest BCUT2D eigenvalue weighted by atomic mass is 9.89. The van der Waals surface area contributed by atoms with Crippen molar-refractivity contribution in [1.29, 1.82) is 0 Å². The fraction of sp³-hybridized carbons (Fsp3) is 0.412. The van der Waals surface area contributed by atoms with Gasteiger partial charge in [-0.15, -0.1) is 0 Å². The van der Waals surface area contributed by atoms with Gasteiger partial charge >= 0.3 is 0 Å². The Hall–Kier alpha value is -2.54. The van der Waals surface area contributed by atoms with Crippen molar-refractivity contribution in [1.82, 2.24) is 15.0 Å². The molecule has 0 unspecified atom stereocenters. The molecule has 2 aromatic heterocycles. The first kappa shape index (κ1) is 15.0. The maximum atomic E-state index is 12.2. The Labute approximate surface area is 140 Å². The molecule has 7 nitrogen and oxygen atoms in total. The van der Waals surface area contributed by atoms with Gasteiger partial charge in [-0.25, -0.2) is 9.97 Å². The standard InChI is InChI=1S/C17H19N5O2/c23-15-12-24-17(13-22(15)14-3-1-6-18-11-14)4-9-21(10-5-17)16-19-7-2-8-20-16/h1-3,6-8,11H,4-5,9-10,12-13H2. The Morgan fingerprint density at radius 1 is 1.08 bits per heavy atom. The van der Waals surface area contributed by atoms with Gasteiger partial charge in [0.25, 0.3) is 5.91 Å². The van der Waals surface area contributed by atoms with E-state index in [1.54, 1.807) is 29.7 Å². The highest BCUT2D eigenvalue weighted by molar-refractivity contribution is 5.95. The molecule has 4 heterocycles. The number of aromatic nitrogens is 3. The van der Waals surface area contributed by atoms with Gasteiger partial charge in [0, 0.05) is 31.7 Å². The van der Waals surface area contributed by atoms with Crippen molar-refractivity contribution in [2.24, 2.45) is 0 Å². The number of nitrogens with zero attached hydrogens (tertiary/aromatic N) is 5. The monoisotopic (exact) mass is 325 g/mol. The second kappa shape index (κ2) is 6.16. The van der Waals surface area contributed by atoms with Gasteiger partial charge in [0.2, 0.25) is 5.95 Å². The van der Waals surface area contributed by atoms with E-state index in [4.69, 9.17) is 4.74 Å². The number of rotatable bonds is 2. The van der Waals surface area contributed by atoms with Crippen LogP contribution in [0.3, 0.4) is 0 Å². The minimum Gasteiger partial charge on any atom is -0.363 e. The number of hydrogen-bond acceptors (Lipinski definition) is 6. The summed E-state index contributed by atoms with van der Waals surface area (Å²) in [5, 5.41) is 0. The van der Waals surface area contributed by atoms with Gasteiger partial charge in [-0.3, -0.25) is 9.78 Å². The van der Waals surface area contributed by atoms with Crippen LogP contribution in [0.15, 0.2) is 43.0 Å². The molecule has 124 valence electrons. The van der Waals surface area contributed by atoms with Gasteiger partial charge in [-0.2, -0.15) is 0 Å². The third-order valence-corrected chi connectivity index (χ3v) is 4.72. The van der Waals surface area contributed by atoms with Crippen molar-refractivity contribution in [2.75, 3.05) is 36.0 Å². The predicted molar refractivity (Wildman–Crippen MR) is 88.8 cm³/mol. The third kappa shape index (κ3) is 2.82. The second-order valence-corrected chi connectivity index (χ2v) is 6.20. The lowest BCUT2D eigenvalue weighted by molar-refractivity contribution is -0.141. The van der Waals surface area contributed by atoms with Crippen molar-refractivity contribution in [3.05, 3.63) is 43.0 Å². The molecule has 0 atom stereocenters. The number of anilines is 2. The second-order valence-electron chi connectivity index (χ2n) is 6.20. The Bertz CT molecular complexity index is 701. The number of piperidine rings is 1. The Kier molecular flexibility index (Phi) is 3.86. The Balaban J connectivity index is 1.48. The lowest BCUT2D eigenvalue weighted by Crippen LogP contribution is -2.59. The molecule has 7 heteroatoms. The predicted octanol–water partition coefficient (Wildman–Crippen LogP) is 1.27. The number of amides is 1. The topological polar surface area (TPSA) is 71.5 Å². The van der Waals surface area contributed by atoms with Crippen LogP contribution < -0.4 is 9.80 Å². The zero-order valence-corrected chi connectivity index (χ0v) is 13.3. The van der Waals surface area contributed by atoms with Crippen molar-refractivity contribution < 1.29 is 9.53 Å². The number of morpholine rings is 1. The van der Waals surface area contributed by atoms with Crippen LogP contribution in [0, 0.1) is 0 Å². The highest BCUT2D eigenvalue weighted by Crippen LogP contribution is 2.33. The molecule has 4 rings (SSSR count). The average Bonchev–Trinajstić information content (AvgIpc) is 2.66. The largest absolute Gasteiger partial charge is 0.363 e. The Morgan fingerprint density at radius 2 is 1.88 bits per heavy atom. The first-order valence-electron chi connectivity index (χ1n) is 8.12. The quantitative estimate of drug-likeness (QED) is 0.828. The van der Waals surface area contributed by atoms with Crippen molar-refractivity contribution in [3.8, 4) is 0 Å². The molecule has 2 aromatic rings. The van der Waals surface area contributed by atoms with E-state index < -0.39 is 0 Å². The van der Waals surface area contributed by atoms with Crippen LogP contribution in [-0.2, 0) is 9.53 Å². The first-order valence-corrected chi connectivity index (χ1v) is 8.12. The van der Waals surface area contributed by atoms with Crippen LogP contribution in [0.25, 0.3) is 0 Å². The number of carbonyl (C=O) groups is 1. The summed E-state index contributed by atoms with van der Waals surface area (Å²) < 4.78 is 5.98. The Morgan fingerprint density at radius 3 is 2.58 bits per heavy atom. The molecule has 0 radical (unpaired) electrons. The van der Waals surface area contributed by atoms with Crippen LogP contribution in [0.1, 0.15) is 12.8 Å². The fourth-order valence-electron chi connectivity index (χ4n) is 3.33. The number of carbonyl (C=O) groups excluding carboxylic acids is 1. The van der Waals surface area contributed by atoms with E-state index in [9.17, 15) is 4.79 Å². The zero-order chi connectivity index (χ0) is 16.4. The molecular weight excluding hydrogens is 306 g/mol. The molecule has 0 bridgehead atoms. The van der Waals surface area contributed by atoms with E-state index in [1.165, 1.54) is 0 Å². The summed E-state index contributed by atoms with van der Waals surface area (Å²) in [6, 6.07) is 5.58. The molecule has 0 N–H and O–H groups in total. The third-order valence-electron chi connectivity index (χ3n) is 4.72. The molecule has 2 saturated heterocycles. The van der Waals surface area contributed by atoms with Gasteiger partial charge in [0.1, 0.15) is 6.61 Å². The summed E-state index contributed by atoms with van der Waals surface area (Å²) >= 11 is 0. The van der Waals surface area contributed by atoms with Gasteiger partial charge in [-0.05, 0) is 31.0 Å². The molecular formula is C17H19N5O2. The summed E-state index contributed by atoms with van der Waals surface area (Å²) in [6.45, 7) is 2.33. The van der Waals surface area contributed by atoms with Crippen LogP contribution in [0.2, 0.25) is 0 Å². The van der Waals surface area contributed by atoms with Gasteiger partial charge in [-0.1, -0.05) is 0 Å². The minimum atomic E-state index is -0.297. The van der Waals surface area contributed by atoms with Crippen LogP contribution in [-0.4, -0.2) is 52.7 Å². The van der Waals surface area contributed by atoms with Crippen LogP contribution in [0.4, 0.5) is 11.6 Å². The first-order chi connectivity index (χ1) is 11.8. The number of pyridine rings is 1. The summed E-state index contributed by atoms with van der Waals surface area (Å²) in [4.78, 5) is 29.0. The van der Waals surface area contributed by atoms with Gasteiger partial charge in [0.15, 0.2) is 0 Å². The van der Waals surface area contributed by atoms with E-state index >= 15 is 0 Å². The molecule has 1 spiro atoms. The normalized spacial score (nSPS) is 20.4. The van der Waals surface area contributed by atoms with E-state index in [2.05, 4.69) is 19.9 Å². The van der Waals surface area contributed by atoms with Crippen molar-refractivity contribution in [2.45, 2.75) is 18.4 Å². The maximum absolute atomic E-state index is 12.2. The highest BCUT2D eigenvalue weighted by atomic mass is 16.5. The van der Waals surface area contributed by atoms with E-state index in [0.29, 0.717) is 6.54 Å². The molecule has 0 aromatic carbocycles. The van der Waals surface area contributed by atoms with E-state index in [-0.39, 0.29) is 18.1 Å². The minimum absolute atomic E-state index is 0.0116. The molecule has 2 fully saturated rings. The zero-order valence-electron chi connectivity index (χ0n) is 13.3. The lowest BCUT2D eigenvalue weighted by Gasteiger charge is -2.46. The van der Waals surface area contributed by atoms with E-state index in [1.807, 2.05) is 18.2 Å². The van der Waals surface area contributed by atoms with Gasteiger partial charge in [0.05, 0.1) is 24.0 Å².